The Bertz CT molecular complexity index is 833. The first-order valence-corrected chi connectivity index (χ1v) is 10.6. The molecule has 0 aromatic heterocycles. The first kappa shape index (κ1) is 19.2. The van der Waals surface area contributed by atoms with E-state index < -0.39 is 43.8 Å². The van der Waals surface area contributed by atoms with Crippen LogP contribution < -0.4 is 0 Å². The molecule has 0 spiro atoms. The van der Waals surface area contributed by atoms with Crippen molar-refractivity contribution in [3.8, 4) is 0 Å². The maximum Gasteiger partial charge on any atom is 0.417 e. The molecule has 2 fully saturated rings. The zero-order valence-corrected chi connectivity index (χ0v) is 15.2. The van der Waals surface area contributed by atoms with Crippen LogP contribution >= 0.6 is 0 Å². The van der Waals surface area contributed by atoms with Crippen molar-refractivity contribution in [3.63, 3.8) is 0 Å². The number of alkyl halides is 3. The van der Waals surface area contributed by atoms with Gasteiger partial charge in [0.2, 0.25) is 0 Å². The first-order chi connectivity index (χ1) is 12.0. The van der Waals surface area contributed by atoms with Crippen molar-refractivity contribution < 1.29 is 31.5 Å². The summed E-state index contributed by atoms with van der Waals surface area (Å²) in [5, 5.41) is 9.60. The third-order valence-electron chi connectivity index (χ3n) is 5.58. The van der Waals surface area contributed by atoms with Crippen LogP contribution in [0.1, 0.15) is 67.6 Å². The summed E-state index contributed by atoms with van der Waals surface area (Å²) in [4.78, 5) is 11.0. The minimum absolute atomic E-state index is 0.0972. The number of carbonyl (C=O) groups is 1. The molecule has 8 heteroatoms. The second-order valence-corrected chi connectivity index (χ2v) is 9.38. The molecule has 0 amide bonds. The molecule has 3 rings (SSSR count). The summed E-state index contributed by atoms with van der Waals surface area (Å²) in [6.07, 6.45) is -0.104. The van der Waals surface area contributed by atoms with Gasteiger partial charge < -0.3 is 5.11 Å². The smallest absolute Gasteiger partial charge is 0.417 e. The molecular formula is C18H21F3O4S. The molecule has 0 aliphatic heterocycles. The van der Waals surface area contributed by atoms with Crippen LogP contribution in [0.3, 0.4) is 0 Å². The minimum Gasteiger partial charge on any atom is -0.481 e. The lowest BCUT2D eigenvalue weighted by Crippen LogP contribution is -2.27. The lowest BCUT2D eigenvalue weighted by Gasteiger charge is -2.30. The highest BCUT2D eigenvalue weighted by atomic mass is 32.2. The SMILES string of the molecule is CS(=O)(=O)c1ccc(C2(C(=O)O)CC2)c(C2CCCCC2)c1C(F)(F)F. The number of benzene rings is 1. The Kier molecular flexibility index (Phi) is 4.61. The first-order valence-electron chi connectivity index (χ1n) is 8.66. The highest BCUT2D eigenvalue weighted by Crippen LogP contribution is 2.55. The number of hydrogen-bond donors (Lipinski definition) is 1. The Labute approximate surface area is 150 Å². The zero-order valence-electron chi connectivity index (χ0n) is 14.4. The van der Waals surface area contributed by atoms with Crippen molar-refractivity contribution in [3.05, 3.63) is 28.8 Å². The van der Waals surface area contributed by atoms with Crippen LogP contribution in [0, 0.1) is 0 Å². The van der Waals surface area contributed by atoms with E-state index in [2.05, 4.69) is 0 Å². The van der Waals surface area contributed by atoms with E-state index >= 15 is 0 Å². The van der Waals surface area contributed by atoms with Gasteiger partial charge in [-0.05, 0) is 48.8 Å². The van der Waals surface area contributed by atoms with Gasteiger partial charge in [0.05, 0.1) is 15.9 Å². The van der Waals surface area contributed by atoms with Crippen LogP contribution in [0.15, 0.2) is 17.0 Å². The number of rotatable bonds is 4. The molecule has 0 heterocycles. The number of halogens is 3. The average Bonchev–Trinajstić information content (AvgIpc) is 3.34. The molecule has 0 bridgehead atoms. The molecule has 26 heavy (non-hydrogen) atoms. The third-order valence-corrected chi connectivity index (χ3v) is 6.72. The Morgan fingerprint density at radius 3 is 2.15 bits per heavy atom. The zero-order chi connectivity index (χ0) is 19.3. The van der Waals surface area contributed by atoms with Crippen molar-refractivity contribution in [1.29, 1.82) is 0 Å². The molecule has 0 unspecified atom stereocenters. The maximum absolute atomic E-state index is 14.0. The summed E-state index contributed by atoms with van der Waals surface area (Å²) in [7, 11) is -4.11. The predicted molar refractivity (Wildman–Crippen MR) is 88.9 cm³/mol. The number of aliphatic carboxylic acids is 1. The van der Waals surface area contributed by atoms with Crippen molar-refractivity contribution >= 4 is 15.8 Å². The van der Waals surface area contributed by atoms with Crippen LogP contribution in [0.5, 0.6) is 0 Å². The van der Waals surface area contributed by atoms with E-state index in [9.17, 15) is 31.5 Å². The van der Waals surface area contributed by atoms with Gasteiger partial charge in [-0.15, -0.1) is 0 Å². The number of hydrogen-bond acceptors (Lipinski definition) is 3. The van der Waals surface area contributed by atoms with Gasteiger partial charge in [0.15, 0.2) is 9.84 Å². The monoisotopic (exact) mass is 390 g/mol. The van der Waals surface area contributed by atoms with Crippen molar-refractivity contribution in [2.24, 2.45) is 0 Å². The van der Waals surface area contributed by atoms with Crippen LogP contribution in [0.25, 0.3) is 0 Å². The highest BCUT2D eigenvalue weighted by Gasteiger charge is 2.55. The normalized spacial score (nSPS) is 20.8. The van der Waals surface area contributed by atoms with Gasteiger partial charge in [0.25, 0.3) is 0 Å². The van der Waals surface area contributed by atoms with E-state index in [0.29, 0.717) is 12.8 Å². The molecule has 1 aromatic rings. The summed E-state index contributed by atoms with van der Waals surface area (Å²) >= 11 is 0. The summed E-state index contributed by atoms with van der Waals surface area (Å²) in [6, 6.07) is 2.24. The second-order valence-electron chi connectivity index (χ2n) is 7.39. The average molecular weight is 390 g/mol. The summed E-state index contributed by atoms with van der Waals surface area (Å²) in [6.45, 7) is 0. The fourth-order valence-corrected chi connectivity index (χ4v) is 5.07. The van der Waals surface area contributed by atoms with Gasteiger partial charge >= 0.3 is 12.1 Å². The van der Waals surface area contributed by atoms with E-state index in [1.165, 1.54) is 6.07 Å². The number of carboxylic acid groups (broad SMARTS) is 1. The van der Waals surface area contributed by atoms with Crippen LogP contribution in [0.2, 0.25) is 0 Å². The summed E-state index contributed by atoms with van der Waals surface area (Å²) in [5.74, 6) is -1.61. The standard InChI is InChI=1S/C18H21F3O4S/c1-26(24,25)13-8-7-12(17(9-10-17)16(22)23)14(15(13)18(19,20)21)11-5-3-2-4-6-11/h7-8,11H,2-6,9-10H2,1H3,(H,22,23). The van der Waals surface area contributed by atoms with Gasteiger partial charge in [-0.1, -0.05) is 25.3 Å². The molecule has 1 aromatic carbocycles. The molecule has 0 atom stereocenters. The maximum atomic E-state index is 14.0. The van der Waals surface area contributed by atoms with Gasteiger partial charge in [0.1, 0.15) is 0 Å². The fraction of sp³-hybridized carbons (Fsp3) is 0.611. The van der Waals surface area contributed by atoms with E-state index in [1.807, 2.05) is 0 Å². The van der Waals surface area contributed by atoms with E-state index in [4.69, 9.17) is 0 Å². The molecule has 144 valence electrons. The van der Waals surface area contributed by atoms with Gasteiger partial charge in [0, 0.05) is 6.26 Å². The summed E-state index contributed by atoms with van der Waals surface area (Å²) in [5.41, 5.74) is -2.42. The largest absolute Gasteiger partial charge is 0.481 e. The van der Waals surface area contributed by atoms with Gasteiger partial charge in [-0.25, -0.2) is 8.42 Å². The Morgan fingerprint density at radius 1 is 1.15 bits per heavy atom. The molecule has 0 radical (unpaired) electrons. The molecule has 0 saturated heterocycles. The van der Waals surface area contributed by atoms with Crippen molar-refractivity contribution in [2.75, 3.05) is 6.26 Å². The van der Waals surface area contributed by atoms with Gasteiger partial charge in [-0.3, -0.25) is 4.79 Å². The molecule has 2 aliphatic carbocycles. The predicted octanol–water partition coefficient (Wildman–Crippen LogP) is 4.27. The van der Waals surface area contributed by atoms with Crippen LogP contribution in [-0.4, -0.2) is 25.7 Å². The lowest BCUT2D eigenvalue weighted by atomic mass is 9.76. The van der Waals surface area contributed by atoms with E-state index in [-0.39, 0.29) is 24.0 Å². The second kappa shape index (κ2) is 6.25. The quantitative estimate of drug-likeness (QED) is 0.833. The van der Waals surface area contributed by atoms with Gasteiger partial charge in [-0.2, -0.15) is 13.2 Å². The van der Waals surface area contributed by atoms with Crippen LogP contribution in [-0.2, 0) is 26.2 Å². The Morgan fingerprint density at radius 2 is 1.73 bits per heavy atom. The van der Waals surface area contributed by atoms with E-state index in [1.54, 1.807) is 0 Å². The summed E-state index contributed by atoms with van der Waals surface area (Å²) < 4.78 is 66.0. The third kappa shape index (κ3) is 3.23. The molecule has 2 saturated carbocycles. The van der Waals surface area contributed by atoms with Crippen molar-refractivity contribution in [1.82, 2.24) is 0 Å². The fourth-order valence-electron chi connectivity index (χ4n) is 4.16. The molecule has 4 nitrogen and oxygen atoms in total. The number of sulfone groups is 1. The Balaban J connectivity index is 2.35. The number of carboxylic acids is 1. The highest BCUT2D eigenvalue weighted by molar-refractivity contribution is 7.90. The van der Waals surface area contributed by atoms with E-state index in [0.717, 1.165) is 31.6 Å². The minimum atomic E-state index is -4.87. The topological polar surface area (TPSA) is 71.4 Å². The van der Waals surface area contributed by atoms with Crippen LogP contribution in [0.4, 0.5) is 13.2 Å². The van der Waals surface area contributed by atoms with Crippen molar-refractivity contribution in [2.45, 2.75) is 67.4 Å². The lowest BCUT2D eigenvalue weighted by molar-refractivity contribution is -0.142. The Hall–Kier alpha value is -1.57. The molecule has 1 N–H and O–H groups in total. The molecule has 2 aliphatic rings. The molecular weight excluding hydrogens is 369 g/mol.